The molecule has 0 aromatic rings. The predicted molar refractivity (Wildman–Crippen MR) is 78.2 cm³/mol. The van der Waals surface area contributed by atoms with Crippen LogP contribution in [0.2, 0.25) is 0 Å². The Morgan fingerprint density at radius 1 is 0.520 bits per heavy atom. The second kappa shape index (κ2) is 11.5. The van der Waals surface area contributed by atoms with Gasteiger partial charge in [0.1, 0.15) is 0 Å². The molecule has 16 nitrogen and oxygen atoms in total. The summed E-state index contributed by atoms with van der Waals surface area (Å²) in [6, 6.07) is 0. The van der Waals surface area contributed by atoms with E-state index in [1.165, 1.54) is 0 Å². The second-order valence-electron chi connectivity index (χ2n) is 3.78. The van der Waals surface area contributed by atoms with Crippen molar-refractivity contribution in [3.63, 3.8) is 0 Å². The minimum atomic E-state index is -5.23. The van der Waals surface area contributed by atoms with Crippen LogP contribution in [-0.4, -0.2) is 59.2 Å². The molecule has 23 heteroatoms. The van der Waals surface area contributed by atoms with Gasteiger partial charge < -0.3 is 48.9 Å². The Bertz CT molecular complexity index is 556. The van der Waals surface area contributed by atoms with E-state index in [9.17, 15) is 27.4 Å². The van der Waals surface area contributed by atoms with Crippen LogP contribution in [0.5, 0.6) is 0 Å². The van der Waals surface area contributed by atoms with Gasteiger partial charge >= 0.3 is 30.4 Å². The molecular formula is C2H14GdO16P6. The van der Waals surface area contributed by atoms with Crippen LogP contribution in [0.25, 0.3) is 0 Å². The maximum atomic E-state index is 10.3. The van der Waals surface area contributed by atoms with Crippen molar-refractivity contribution >= 4 is 46.4 Å². The summed E-state index contributed by atoms with van der Waals surface area (Å²) in [5, 5.41) is -5.56. The fourth-order valence-electron chi connectivity index (χ4n) is 0.967. The van der Waals surface area contributed by atoms with Gasteiger partial charge in [-0.05, 0) is 0 Å². The summed E-state index contributed by atoms with van der Waals surface area (Å²) in [4.78, 5) is 82.6. The molecule has 0 spiro atoms. The van der Waals surface area contributed by atoms with Crippen LogP contribution >= 0.6 is 46.4 Å². The first-order valence-electron chi connectivity index (χ1n) is 4.80. The smallest absolute Gasteiger partial charge is 0.345 e. The zero-order chi connectivity index (χ0) is 20.3. The van der Waals surface area contributed by atoms with Crippen molar-refractivity contribution in [1.29, 1.82) is 0 Å². The largest absolute Gasteiger partial charge is 0.350 e. The molecule has 2 atom stereocenters. The van der Waals surface area contributed by atoms with Gasteiger partial charge in [-0.1, -0.05) is 0 Å². The van der Waals surface area contributed by atoms with Crippen molar-refractivity contribution in [2.24, 2.45) is 0 Å². The summed E-state index contributed by atoms with van der Waals surface area (Å²) in [7, 11) is -28.9. The van der Waals surface area contributed by atoms with E-state index in [1.807, 2.05) is 0 Å². The maximum absolute atomic E-state index is 10.3. The van der Waals surface area contributed by atoms with Gasteiger partial charge in [0.2, 0.25) is 26.3 Å². The molecule has 0 fully saturated rings. The zero-order valence-corrected chi connectivity index (χ0v) is 19.1. The predicted octanol–water partition coefficient (Wildman–Crippen LogP) is -1.82. The van der Waals surface area contributed by atoms with Gasteiger partial charge in [-0.2, -0.15) is 0 Å². The average molecular weight is 637 g/mol. The number of rotatable bonds is 6. The Hall–Kier alpha value is 2.30. The molecule has 2 unspecified atom stereocenters. The van der Waals surface area contributed by atoms with E-state index in [2.05, 4.69) is 0 Å². The van der Waals surface area contributed by atoms with Gasteiger partial charge in [0, 0.05) is 39.9 Å². The molecule has 0 saturated carbocycles. The number of hydrogen-bond acceptors (Lipinski definition) is 6. The Balaban J connectivity index is -0.000000372. The first-order chi connectivity index (χ1) is 10.1. The molecule has 10 N–H and O–H groups in total. The van der Waals surface area contributed by atoms with E-state index in [1.54, 1.807) is 0 Å². The van der Waals surface area contributed by atoms with E-state index in [-0.39, 0.29) is 39.9 Å². The van der Waals surface area contributed by atoms with E-state index in [4.69, 9.17) is 48.9 Å². The van der Waals surface area contributed by atoms with Crippen molar-refractivity contribution < 1.29 is 116 Å². The van der Waals surface area contributed by atoms with E-state index >= 15 is 0 Å². The molecule has 0 aliphatic rings. The minimum absolute atomic E-state index is 0. The molecule has 0 aromatic heterocycles. The Labute approximate surface area is 172 Å². The van der Waals surface area contributed by atoms with E-state index in [0.29, 0.717) is 0 Å². The first kappa shape index (κ1) is 32.0. The quantitative estimate of drug-likeness (QED) is 0.143. The van der Waals surface area contributed by atoms with Crippen LogP contribution in [0, 0.1) is 39.9 Å². The molecule has 0 radical (unpaired) electrons. The third-order valence-electron chi connectivity index (χ3n) is 1.72. The Morgan fingerprint density at radius 2 is 0.640 bits per heavy atom. The summed E-state index contributed by atoms with van der Waals surface area (Å²) in [6.45, 7) is 0. The second-order valence-corrected chi connectivity index (χ2v) is 15.8. The maximum Gasteiger partial charge on any atom is 0.350 e. The van der Waals surface area contributed by atoms with Crippen LogP contribution in [0.3, 0.4) is 0 Å². The van der Waals surface area contributed by atoms with Gasteiger partial charge in [-0.3, -0.25) is 27.4 Å². The van der Waals surface area contributed by atoms with E-state index < -0.39 is 56.7 Å². The average Bonchev–Trinajstić information content (AvgIpc) is 2.03. The topological polar surface area (TPSA) is 305 Å². The Kier molecular flexibility index (Phi) is 14.7. The van der Waals surface area contributed by atoms with Crippen molar-refractivity contribution in [3.05, 3.63) is 0 Å². The third kappa shape index (κ3) is 13.2. The van der Waals surface area contributed by atoms with Gasteiger partial charge in [-0.25, -0.2) is 0 Å². The van der Waals surface area contributed by atoms with Gasteiger partial charge in [0.05, 0.1) is 0 Å². The van der Waals surface area contributed by atoms with Crippen molar-refractivity contribution in [2.75, 3.05) is 0 Å². The molecule has 0 heterocycles. The summed E-state index contributed by atoms with van der Waals surface area (Å²) < 4.78 is 61.5. The van der Waals surface area contributed by atoms with Gasteiger partial charge in [0.25, 0.3) is 0 Å². The standard InChI is InChI=1S/2CH7O8P3.Gd/c2*2-10(3)1(11(4,5)6)12(7,8)9;/h2*1,10H,(H,2,3)(H2,4,5,6)(H2,7,8,9);. The summed E-state index contributed by atoms with van der Waals surface area (Å²) in [6.07, 6.45) is 0. The van der Waals surface area contributed by atoms with Crippen LogP contribution in [0.4, 0.5) is 0 Å². The molecule has 0 amide bonds. The molecule has 0 aliphatic carbocycles. The van der Waals surface area contributed by atoms with Crippen molar-refractivity contribution in [3.8, 4) is 0 Å². The first-order valence-corrected chi connectivity index (χ1v) is 14.4. The van der Waals surface area contributed by atoms with Crippen molar-refractivity contribution in [1.82, 2.24) is 0 Å². The molecule has 0 aromatic carbocycles. The molecular weight excluding hydrogens is 623 g/mol. The molecule has 25 heavy (non-hydrogen) atoms. The van der Waals surface area contributed by atoms with Gasteiger partial charge in [-0.15, -0.1) is 0 Å². The summed E-state index contributed by atoms with van der Waals surface area (Å²) in [5.74, 6) is 0. The third-order valence-corrected chi connectivity index (χ3v) is 15.4. The van der Waals surface area contributed by atoms with Crippen LogP contribution in [0.15, 0.2) is 0 Å². The molecule has 0 rings (SSSR count). The van der Waals surface area contributed by atoms with Crippen molar-refractivity contribution in [2.45, 2.75) is 10.3 Å². The van der Waals surface area contributed by atoms with E-state index in [0.717, 1.165) is 0 Å². The summed E-state index contributed by atoms with van der Waals surface area (Å²) >= 11 is 0. The Morgan fingerprint density at radius 3 is 0.640 bits per heavy atom. The minimum Gasteiger partial charge on any atom is -0.345 e. The monoisotopic (exact) mass is 638 g/mol. The van der Waals surface area contributed by atoms with Crippen LogP contribution in [0.1, 0.15) is 0 Å². The SMILES string of the molecule is O=[PH](O)C(P(=O)(O)O)P(=O)(O)O.O=[PH](O)C(P(=O)(O)O)P(=O)(O)O.[Gd]. The van der Waals surface area contributed by atoms with Crippen LogP contribution in [-0.2, 0) is 27.4 Å². The molecule has 0 saturated heterocycles. The zero-order valence-electron chi connectivity index (χ0n) is 11.2. The normalized spacial score (nSPS) is 15.8. The fraction of sp³-hybridized carbons (Fsp3) is 1.00. The molecule has 0 bridgehead atoms. The van der Waals surface area contributed by atoms with Gasteiger partial charge in [0.15, 0.2) is 0 Å². The summed E-state index contributed by atoms with van der Waals surface area (Å²) in [5.41, 5.74) is 0. The molecule has 156 valence electrons. The fourth-order valence-corrected chi connectivity index (χ4v) is 8.71. The number of hydrogen-bond donors (Lipinski definition) is 10. The molecule has 0 aliphatic heterocycles. The van der Waals surface area contributed by atoms with Crippen LogP contribution < -0.4 is 0 Å².